The predicted molar refractivity (Wildman–Crippen MR) is 248 cm³/mol. The largest absolute Gasteiger partial charge is 0.483 e. The van der Waals surface area contributed by atoms with Crippen LogP contribution in [0, 0.1) is 34.9 Å². The number of aromatic nitrogens is 9. The van der Waals surface area contributed by atoms with E-state index in [1.165, 1.54) is 70.8 Å². The number of pyridine rings is 3. The number of halogens is 15. The van der Waals surface area contributed by atoms with Crippen molar-refractivity contribution in [2.45, 2.75) is 97.6 Å². The Hall–Kier alpha value is -8.13. The van der Waals surface area contributed by atoms with Crippen molar-refractivity contribution in [3.05, 3.63) is 177 Å². The Balaban J connectivity index is 0.000000170. The maximum Gasteiger partial charge on any atom is 0.420 e. The minimum atomic E-state index is -4.71. The summed E-state index contributed by atoms with van der Waals surface area (Å²) in [6.07, 6.45) is -12.1. The van der Waals surface area contributed by atoms with Crippen LogP contribution < -0.4 is 14.2 Å². The third-order valence-corrected chi connectivity index (χ3v) is 11.8. The van der Waals surface area contributed by atoms with E-state index < -0.39 is 88.4 Å². The second-order valence-corrected chi connectivity index (χ2v) is 16.9. The van der Waals surface area contributed by atoms with Gasteiger partial charge in [0.1, 0.15) is 69.9 Å². The first-order chi connectivity index (χ1) is 36.7. The van der Waals surface area contributed by atoms with Gasteiger partial charge in [-0.15, -0.1) is 30.6 Å². The van der Waals surface area contributed by atoms with Crippen molar-refractivity contribution in [2.75, 3.05) is 0 Å². The average Bonchev–Trinajstić information content (AvgIpc) is 4.27. The van der Waals surface area contributed by atoms with Gasteiger partial charge in [0.15, 0.2) is 51.6 Å². The van der Waals surface area contributed by atoms with E-state index in [-0.39, 0.29) is 50.9 Å². The van der Waals surface area contributed by atoms with Crippen LogP contribution in [-0.4, -0.2) is 43.8 Å². The Morgan fingerprint density at radius 1 is 0.385 bits per heavy atom. The molecule has 6 aromatic heterocycles. The fourth-order valence-corrected chi connectivity index (χ4v) is 8.14. The van der Waals surface area contributed by atoms with Crippen molar-refractivity contribution < 1.29 is 80.1 Å². The summed E-state index contributed by atoms with van der Waals surface area (Å²) >= 11 is 0. The van der Waals surface area contributed by atoms with Crippen molar-refractivity contribution in [1.82, 2.24) is 43.8 Å². The number of hydrogen-bond acceptors (Lipinski definition) is 9. The summed E-state index contributed by atoms with van der Waals surface area (Å²) in [4.78, 5) is 0. The van der Waals surface area contributed by atoms with Crippen molar-refractivity contribution >= 4 is 16.9 Å². The molecule has 9 aromatic rings. The zero-order valence-corrected chi connectivity index (χ0v) is 41.4. The summed E-state index contributed by atoms with van der Waals surface area (Å²) < 4.78 is 223. The number of ether oxygens (including phenoxy) is 3. The summed E-state index contributed by atoms with van der Waals surface area (Å²) in [5.41, 5.74) is -4.69. The highest BCUT2D eigenvalue weighted by Gasteiger charge is 2.42. The van der Waals surface area contributed by atoms with Gasteiger partial charge in [-0.25, -0.2) is 26.3 Å². The quantitative estimate of drug-likeness (QED) is 0.110. The average molecular weight is 1110 g/mol. The van der Waals surface area contributed by atoms with Crippen LogP contribution in [0.25, 0.3) is 16.9 Å². The SMILES string of the molecule is CCc1nnc2c(C(F)(F)F)c(C(C)Oc3ccc(F)cc3F)ccn12.CCc1nnc2c(C(F)(F)F)c(C(C)Oc3ccc(F)cc3F)ccn12.CCc1nnc2c(C(F)(F)F)c(C(C)Oc3ccc(F)cc3F)ccn12. The van der Waals surface area contributed by atoms with Gasteiger partial charge in [0.25, 0.3) is 0 Å². The minimum absolute atomic E-state index is 0.219. The highest BCUT2D eigenvalue weighted by molar-refractivity contribution is 5.56. The van der Waals surface area contributed by atoms with Crippen LogP contribution in [0.5, 0.6) is 17.2 Å². The van der Waals surface area contributed by atoms with Gasteiger partial charge >= 0.3 is 18.5 Å². The lowest BCUT2D eigenvalue weighted by Crippen LogP contribution is -2.16. The smallest absolute Gasteiger partial charge is 0.420 e. The molecule has 78 heavy (non-hydrogen) atoms. The number of aryl methyl sites for hydroxylation is 3. The van der Waals surface area contributed by atoms with Gasteiger partial charge in [-0.1, -0.05) is 20.8 Å². The highest BCUT2D eigenvalue weighted by Crippen LogP contribution is 2.42. The van der Waals surface area contributed by atoms with Crippen LogP contribution in [0.1, 0.15) is 111 Å². The van der Waals surface area contributed by atoms with E-state index in [0.29, 0.717) is 54.9 Å². The molecule has 3 unspecified atom stereocenters. The number of rotatable bonds is 12. The van der Waals surface area contributed by atoms with Gasteiger partial charge in [-0.3, -0.25) is 13.2 Å². The Labute approximate surface area is 432 Å². The van der Waals surface area contributed by atoms with Crippen LogP contribution in [0.2, 0.25) is 0 Å². The van der Waals surface area contributed by atoms with Crippen molar-refractivity contribution in [2.24, 2.45) is 0 Å². The zero-order valence-electron chi connectivity index (χ0n) is 41.4. The Morgan fingerprint density at radius 2 is 0.628 bits per heavy atom. The number of alkyl halides is 9. The summed E-state index contributed by atoms with van der Waals surface area (Å²) in [7, 11) is 0. The summed E-state index contributed by atoms with van der Waals surface area (Å²) in [6, 6.07) is 11.5. The molecule has 0 spiro atoms. The van der Waals surface area contributed by atoms with Gasteiger partial charge in [0.2, 0.25) is 0 Å². The molecule has 0 radical (unpaired) electrons. The first-order valence-corrected chi connectivity index (χ1v) is 23.3. The van der Waals surface area contributed by atoms with E-state index in [9.17, 15) is 65.9 Å². The zero-order chi connectivity index (χ0) is 57.2. The number of benzene rings is 3. The summed E-state index contributed by atoms with van der Waals surface area (Å²) in [5, 5.41) is 22.2. The molecule has 0 aliphatic heterocycles. The third kappa shape index (κ3) is 12.3. The standard InChI is InChI=1S/3C17H14F5N3O/c3*1-3-14-23-24-16-15(17(20,21)22)11(6-7-25(14)16)9(2)26-13-5-4-10(18)8-12(13)19/h3*4-9H,3H2,1-2H3. The molecule has 6 heterocycles. The van der Waals surface area contributed by atoms with E-state index in [0.717, 1.165) is 36.4 Å². The maximum atomic E-state index is 13.7. The van der Waals surface area contributed by atoms with Crippen LogP contribution in [0.15, 0.2) is 91.4 Å². The lowest BCUT2D eigenvalue weighted by atomic mass is 10.0. The van der Waals surface area contributed by atoms with E-state index in [4.69, 9.17) is 14.2 Å². The fourth-order valence-electron chi connectivity index (χ4n) is 8.14. The molecular weight excluding hydrogens is 1070 g/mol. The van der Waals surface area contributed by atoms with E-state index >= 15 is 0 Å². The van der Waals surface area contributed by atoms with Gasteiger partial charge in [-0.05, 0) is 75.4 Å². The molecule has 3 aromatic carbocycles. The Morgan fingerprint density at radius 3 is 0.833 bits per heavy atom. The van der Waals surface area contributed by atoms with E-state index in [1.54, 1.807) is 20.8 Å². The van der Waals surface area contributed by atoms with Gasteiger partial charge in [0.05, 0.1) is 0 Å². The highest BCUT2D eigenvalue weighted by atomic mass is 19.4. The van der Waals surface area contributed by atoms with E-state index in [2.05, 4.69) is 30.6 Å². The number of nitrogens with zero attached hydrogens (tertiary/aromatic N) is 9. The van der Waals surface area contributed by atoms with Crippen molar-refractivity contribution in [3.63, 3.8) is 0 Å². The number of hydrogen-bond donors (Lipinski definition) is 0. The van der Waals surface area contributed by atoms with Crippen LogP contribution in [0.3, 0.4) is 0 Å². The second kappa shape index (κ2) is 22.8. The van der Waals surface area contributed by atoms with Gasteiger partial charge < -0.3 is 14.2 Å². The molecule has 27 heteroatoms. The maximum absolute atomic E-state index is 13.7. The normalized spacial score (nSPS) is 13.2. The molecule has 0 amide bonds. The second-order valence-electron chi connectivity index (χ2n) is 16.9. The van der Waals surface area contributed by atoms with Crippen LogP contribution in [-0.2, 0) is 37.8 Å². The molecule has 0 saturated heterocycles. The van der Waals surface area contributed by atoms with Crippen LogP contribution in [0.4, 0.5) is 65.9 Å². The molecule has 0 N–H and O–H groups in total. The first kappa shape index (κ1) is 57.6. The number of fused-ring (bicyclic) bond motifs is 3. The van der Waals surface area contributed by atoms with Gasteiger partial charge in [0, 0.05) is 72.7 Å². The predicted octanol–water partition coefficient (Wildman–Crippen LogP) is 14.2. The fraction of sp³-hybridized carbons (Fsp3) is 0.294. The monoisotopic (exact) mass is 1110 g/mol. The van der Waals surface area contributed by atoms with Crippen molar-refractivity contribution in [1.29, 1.82) is 0 Å². The summed E-state index contributed by atoms with van der Waals surface area (Å²) in [6.45, 7) is 9.30. The third-order valence-electron chi connectivity index (χ3n) is 11.8. The molecule has 0 aliphatic carbocycles. The lowest BCUT2D eigenvalue weighted by molar-refractivity contribution is -0.138. The molecule has 0 fully saturated rings. The Bertz CT molecular complexity index is 3220. The molecule has 0 aliphatic rings. The molecule has 0 bridgehead atoms. The van der Waals surface area contributed by atoms with Crippen LogP contribution >= 0.6 is 0 Å². The van der Waals surface area contributed by atoms with Gasteiger partial charge in [-0.2, -0.15) is 39.5 Å². The lowest BCUT2D eigenvalue weighted by Gasteiger charge is -2.20. The molecule has 12 nitrogen and oxygen atoms in total. The molecular formula is C51H42F15N9O3. The Kier molecular flexibility index (Phi) is 16.9. The molecule has 9 rings (SSSR count). The first-order valence-electron chi connectivity index (χ1n) is 23.3. The minimum Gasteiger partial charge on any atom is -0.483 e. The molecule has 414 valence electrons. The molecule has 0 saturated carbocycles. The molecule has 3 atom stereocenters. The van der Waals surface area contributed by atoms with E-state index in [1.807, 2.05) is 0 Å². The summed E-state index contributed by atoms with van der Waals surface area (Å²) in [5.74, 6) is -5.30. The topological polar surface area (TPSA) is 118 Å². The van der Waals surface area contributed by atoms with Crippen molar-refractivity contribution in [3.8, 4) is 17.2 Å².